The number of carbonyl (C=O) groups excluding carboxylic acids is 2. The number of aromatic nitrogens is 2. The number of rotatable bonds is 6. The number of imidazole rings is 1. The van der Waals surface area contributed by atoms with E-state index in [1.165, 1.54) is 11.8 Å². The fourth-order valence-corrected chi connectivity index (χ4v) is 2.88. The predicted octanol–water partition coefficient (Wildman–Crippen LogP) is 2.19. The first-order chi connectivity index (χ1) is 12.6. The number of thioether (sulfide) groups is 1. The van der Waals surface area contributed by atoms with Crippen molar-refractivity contribution in [1.29, 1.82) is 0 Å². The summed E-state index contributed by atoms with van der Waals surface area (Å²) in [6.45, 7) is 1.76. The third-order valence-corrected chi connectivity index (χ3v) is 4.28. The van der Waals surface area contributed by atoms with Gasteiger partial charge in [0.25, 0.3) is 5.91 Å². The summed E-state index contributed by atoms with van der Waals surface area (Å²) in [5.74, 6) is -0.0429. The quantitative estimate of drug-likeness (QED) is 0.457. The number of hydrogen-bond donors (Lipinski definition) is 3. The molecule has 7 nitrogen and oxygen atoms in total. The number of fused-ring (bicyclic) bond motifs is 1. The molecule has 0 aliphatic rings. The molecule has 0 unspecified atom stereocenters. The van der Waals surface area contributed by atoms with E-state index in [1.54, 1.807) is 6.07 Å². The van der Waals surface area contributed by atoms with Crippen molar-refractivity contribution in [3.05, 3.63) is 54.1 Å². The Morgan fingerprint density at radius 2 is 1.92 bits per heavy atom. The van der Waals surface area contributed by atoms with Crippen molar-refractivity contribution >= 4 is 34.6 Å². The monoisotopic (exact) mass is 370 g/mol. The number of aromatic amines is 1. The van der Waals surface area contributed by atoms with E-state index in [0.717, 1.165) is 16.6 Å². The van der Waals surface area contributed by atoms with Gasteiger partial charge in [0.1, 0.15) is 5.75 Å². The highest BCUT2D eigenvalue weighted by Crippen LogP contribution is 2.18. The van der Waals surface area contributed by atoms with E-state index in [4.69, 9.17) is 4.74 Å². The van der Waals surface area contributed by atoms with Crippen LogP contribution in [0.15, 0.2) is 53.7 Å². The second-order valence-electron chi connectivity index (χ2n) is 5.55. The van der Waals surface area contributed by atoms with Crippen molar-refractivity contribution in [2.45, 2.75) is 12.1 Å². The smallest absolute Gasteiger partial charge is 0.276 e. The summed E-state index contributed by atoms with van der Waals surface area (Å²) in [6.07, 6.45) is 0. The molecule has 8 heteroatoms. The van der Waals surface area contributed by atoms with E-state index in [-0.39, 0.29) is 18.3 Å². The zero-order chi connectivity index (χ0) is 18.4. The van der Waals surface area contributed by atoms with Crippen LogP contribution in [0.1, 0.15) is 5.56 Å². The molecule has 3 N–H and O–H groups in total. The Morgan fingerprint density at radius 3 is 2.73 bits per heavy atom. The normalized spacial score (nSPS) is 10.5. The lowest BCUT2D eigenvalue weighted by atomic mass is 10.2. The lowest BCUT2D eigenvalue weighted by Crippen LogP contribution is -2.44. The Morgan fingerprint density at radius 1 is 1.12 bits per heavy atom. The molecule has 0 atom stereocenters. The van der Waals surface area contributed by atoms with Crippen molar-refractivity contribution in [3.63, 3.8) is 0 Å². The molecule has 1 heterocycles. The molecule has 1 aromatic heterocycles. The topological polar surface area (TPSA) is 96.1 Å². The second kappa shape index (κ2) is 8.39. The van der Waals surface area contributed by atoms with Crippen LogP contribution >= 0.6 is 11.8 Å². The van der Waals surface area contributed by atoms with Crippen LogP contribution in [0.3, 0.4) is 0 Å². The molecule has 0 aliphatic heterocycles. The summed E-state index contributed by atoms with van der Waals surface area (Å²) in [6, 6.07) is 15.0. The number of hydrogen-bond acceptors (Lipinski definition) is 5. The van der Waals surface area contributed by atoms with Crippen molar-refractivity contribution in [1.82, 2.24) is 20.8 Å². The average molecular weight is 370 g/mol. The van der Waals surface area contributed by atoms with Gasteiger partial charge in [0.05, 0.1) is 16.8 Å². The lowest BCUT2D eigenvalue weighted by molar-refractivity contribution is -0.128. The van der Waals surface area contributed by atoms with Crippen LogP contribution in [0, 0.1) is 6.92 Å². The molecule has 0 saturated heterocycles. The minimum atomic E-state index is -0.436. The van der Waals surface area contributed by atoms with E-state index in [1.807, 2.05) is 49.4 Å². The van der Waals surface area contributed by atoms with E-state index in [2.05, 4.69) is 20.8 Å². The molecule has 3 rings (SSSR count). The van der Waals surface area contributed by atoms with Gasteiger partial charge in [-0.05, 0) is 36.8 Å². The van der Waals surface area contributed by atoms with Crippen LogP contribution in [0.2, 0.25) is 0 Å². The van der Waals surface area contributed by atoms with Crippen LogP contribution in [0.25, 0.3) is 11.0 Å². The van der Waals surface area contributed by atoms with Crippen molar-refractivity contribution in [3.8, 4) is 5.75 Å². The summed E-state index contributed by atoms with van der Waals surface area (Å²) >= 11 is 1.26. The maximum Gasteiger partial charge on any atom is 0.276 e. The molecule has 0 aliphatic carbocycles. The summed E-state index contributed by atoms with van der Waals surface area (Å²) in [4.78, 5) is 31.0. The van der Waals surface area contributed by atoms with Crippen LogP contribution in [0.5, 0.6) is 5.75 Å². The van der Waals surface area contributed by atoms with Gasteiger partial charge in [-0.25, -0.2) is 4.98 Å². The van der Waals surface area contributed by atoms with Crippen molar-refractivity contribution < 1.29 is 14.3 Å². The molecule has 0 bridgehead atoms. The van der Waals surface area contributed by atoms with Crippen molar-refractivity contribution in [2.24, 2.45) is 0 Å². The Hall–Kier alpha value is -3.00. The summed E-state index contributed by atoms with van der Waals surface area (Å²) in [5, 5.41) is 0.649. The summed E-state index contributed by atoms with van der Waals surface area (Å²) < 4.78 is 5.36. The van der Waals surface area contributed by atoms with Gasteiger partial charge in [-0.1, -0.05) is 36.0 Å². The number of nitrogens with zero attached hydrogens (tertiary/aromatic N) is 1. The molecule has 2 amide bonds. The van der Waals surface area contributed by atoms with Gasteiger partial charge in [0.2, 0.25) is 5.91 Å². The van der Waals surface area contributed by atoms with E-state index < -0.39 is 5.91 Å². The fourth-order valence-electron chi connectivity index (χ4n) is 2.20. The molecule has 0 fully saturated rings. The van der Waals surface area contributed by atoms with Gasteiger partial charge in [0, 0.05) is 0 Å². The number of H-pyrrole nitrogens is 1. The molecular formula is C18H18N4O3S. The highest BCUT2D eigenvalue weighted by molar-refractivity contribution is 7.99. The SMILES string of the molecule is Cc1cccc(OCC(=O)NNC(=O)CSc2nc3ccccc3[nH]2)c1. The highest BCUT2D eigenvalue weighted by Gasteiger charge is 2.08. The number of para-hydroxylation sites is 2. The Bertz CT molecular complexity index is 892. The number of benzene rings is 2. The summed E-state index contributed by atoms with van der Waals surface area (Å²) in [5.41, 5.74) is 7.47. The second-order valence-corrected chi connectivity index (χ2v) is 6.51. The Balaban J connectivity index is 1.38. The van der Waals surface area contributed by atoms with Gasteiger partial charge in [0.15, 0.2) is 11.8 Å². The third-order valence-electron chi connectivity index (χ3n) is 3.41. The van der Waals surface area contributed by atoms with E-state index >= 15 is 0 Å². The summed E-state index contributed by atoms with van der Waals surface area (Å²) in [7, 11) is 0. The first-order valence-electron chi connectivity index (χ1n) is 7.95. The Kier molecular flexibility index (Phi) is 5.75. The minimum absolute atomic E-state index is 0.124. The fraction of sp³-hybridized carbons (Fsp3) is 0.167. The first kappa shape index (κ1) is 17.8. The van der Waals surface area contributed by atoms with Crippen LogP contribution < -0.4 is 15.6 Å². The van der Waals surface area contributed by atoms with Crippen LogP contribution in [-0.2, 0) is 9.59 Å². The zero-order valence-corrected chi connectivity index (χ0v) is 14.9. The van der Waals surface area contributed by atoms with Gasteiger partial charge in [-0.15, -0.1) is 0 Å². The number of carbonyl (C=O) groups is 2. The molecule has 0 radical (unpaired) electrons. The minimum Gasteiger partial charge on any atom is -0.484 e. The molecule has 26 heavy (non-hydrogen) atoms. The van der Waals surface area contributed by atoms with Gasteiger partial charge in [-0.3, -0.25) is 20.4 Å². The maximum atomic E-state index is 11.8. The van der Waals surface area contributed by atoms with Crippen LogP contribution in [-0.4, -0.2) is 34.1 Å². The zero-order valence-electron chi connectivity index (χ0n) is 14.1. The van der Waals surface area contributed by atoms with Crippen LogP contribution in [0.4, 0.5) is 0 Å². The number of ether oxygens (including phenoxy) is 1. The number of hydrazine groups is 1. The molecular weight excluding hydrogens is 352 g/mol. The van der Waals surface area contributed by atoms with Gasteiger partial charge < -0.3 is 9.72 Å². The standard InChI is InChI=1S/C18H18N4O3S/c1-12-5-4-6-13(9-12)25-10-16(23)21-22-17(24)11-26-18-19-14-7-2-3-8-15(14)20-18/h2-9H,10-11H2,1H3,(H,19,20)(H,21,23)(H,22,24). The van der Waals surface area contributed by atoms with E-state index in [0.29, 0.717) is 10.9 Å². The number of nitrogens with one attached hydrogen (secondary N) is 3. The van der Waals surface area contributed by atoms with Gasteiger partial charge >= 0.3 is 0 Å². The molecule has 0 spiro atoms. The lowest BCUT2D eigenvalue weighted by Gasteiger charge is -2.08. The van der Waals surface area contributed by atoms with Crippen molar-refractivity contribution in [2.75, 3.05) is 12.4 Å². The number of amides is 2. The average Bonchev–Trinajstić information content (AvgIpc) is 3.06. The Labute approximate surface area is 154 Å². The molecule has 134 valence electrons. The predicted molar refractivity (Wildman–Crippen MR) is 99.8 cm³/mol. The molecule has 3 aromatic rings. The largest absolute Gasteiger partial charge is 0.484 e. The highest BCUT2D eigenvalue weighted by atomic mass is 32.2. The van der Waals surface area contributed by atoms with Gasteiger partial charge in [-0.2, -0.15) is 0 Å². The van der Waals surface area contributed by atoms with E-state index in [9.17, 15) is 9.59 Å². The molecule has 2 aromatic carbocycles. The third kappa shape index (κ3) is 5.00. The molecule has 0 saturated carbocycles. The first-order valence-corrected chi connectivity index (χ1v) is 8.93. The number of aryl methyl sites for hydroxylation is 1. The maximum absolute atomic E-state index is 11.8.